The Bertz CT molecular complexity index is 1060. The van der Waals surface area contributed by atoms with Gasteiger partial charge in [-0.2, -0.15) is 0 Å². The number of hydrogen-bond donors (Lipinski definition) is 2. The fourth-order valence-electron chi connectivity index (χ4n) is 2.75. The van der Waals surface area contributed by atoms with Crippen LogP contribution in [0.2, 0.25) is 0 Å². The number of nitro benzene ring substituents is 1. The van der Waals surface area contributed by atoms with Crippen molar-refractivity contribution < 1.29 is 14.5 Å². The van der Waals surface area contributed by atoms with Crippen LogP contribution in [0.25, 0.3) is 10.2 Å². The van der Waals surface area contributed by atoms with E-state index in [-0.39, 0.29) is 17.8 Å². The topological polar surface area (TPSA) is 114 Å². The Labute approximate surface area is 171 Å². The standard InChI is InChI=1S/C20H20N4O4S/c1-2-3-5-13-8-9-16-17(10-13)29-20(22-16)23-18(25)12-21-19(26)14-6-4-7-15(11-14)24(27)28/h4,6-11H,2-3,5,12H2,1H3,(H,21,26)(H,22,23,25). The normalized spacial score (nSPS) is 10.7. The van der Waals surface area contributed by atoms with Crippen LogP contribution in [0.4, 0.5) is 10.8 Å². The Morgan fingerprint density at radius 3 is 2.79 bits per heavy atom. The molecule has 0 aliphatic carbocycles. The number of anilines is 1. The molecule has 1 heterocycles. The predicted octanol–water partition coefficient (Wildman–Crippen LogP) is 3.92. The molecule has 2 amide bonds. The van der Waals surface area contributed by atoms with Gasteiger partial charge in [-0.1, -0.05) is 36.8 Å². The van der Waals surface area contributed by atoms with Crippen molar-refractivity contribution in [2.24, 2.45) is 0 Å². The Kier molecular flexibility index (Phi) is 6.50. The maximum Gasteiger partial charge on any atom is 0.270 e. The molecule has 0 unspecified atom stereocenters. The minimum absolute atomic E-state index is 0.117. The molecule has 1 aromatic heterocycles. The van der Waals surface area contributed by atoms with Gasteiger partial charge in [-0.05, 0) is 36.6 Å². The summed E-state index contributed by atoms with van der Waals surface area (Å²) in [4.78, 5) is 38.9. The number of fused-ring (bicyclic) bond motifs is 1. The zero-order valence-electron chi connectivity index (χ0n) is 15.8. The van der Waals surface area contributed by atoms with Crippen molar-refractivity contribution >= 4 is 44.2 Å². The van der Waals surface area contributed by atoms with Crippen LogP contribution in [0.3, 0.4) is 0 Å². The molecule has 0 bridgehead atoms. The molecule has 3 aromatic rings. The largest absolute Gasteiger partial charge is 0.343 e. The summed E-state index contributed by atoms with van der Waals surface area (Å²) in [5.74, 6) is -0.984. The van der Waals surface area contributed by atoms with E-state index >= 15 is 0 Å². The molecule has 0 spiro atoms. The SMILES string of the molecule is CCCCc1ccc2nc(NC(=O)CNC(=O)c3cccc([N+](=O)[O-])c3)sc2c1. The first-order chi connectivity index (χ1) is 14.0. The molecule has 2 aromatic carbocycles. The third-order valence-corrected chi connectivity index (χ3v) is 5.18. The van der Waals surface area contributed by atoms with Crippen LogP contribution < -0.4 is 10.6 Å². The molecule has 0 radical (unpaired) electrons. The molecule has 8 nitrogen and oxygen atoms in total. The van der Waals surface area contributed by atoms with Gasteiger partial charge in [-0.15, -0.1) is 0 Å². The van der Waals surface area contributed by atoms with E-state index in [1.54, 1.807) is 0 Å². The Morgan fingerprint density at radius 1 is 1.21 bits per heavy atom. The number of aryl methyl sites for hydroxylation is 1. The highest BCUT2D eigenvalue weighted by molar-refractivity contribution is 7.22. The van der Waals surface area contributed by atoms with Crippen molar-refractivity contribution in [2.75, 3.05) is 11.9 Å². The van der Waals surface area contributed by atoms with E-state index in [1.165, 1.54) is 35.1 Å². The average Bonchev–Trinajstić information content (AvgIpc) is 3.11. The quantitative estimate of drug-likeness (QED) is 0.430. The van der Waals surface area contributed by atoms with Crippen molar-refractivity contribution in [3.63, 3.8) is 0 Å². The number of nitrogens with one attached hydrogen (secondary N) is 2. The highest BCUT2D eigenvalue weighted by Gasteiger charge is 2.13. The number of nitro groups is 1. The number of amides is 2. The molecule has 0 fully saturated rings. The lowest BCUT2D eigenvalue weighted by Gasteiger charge is -2.05. The van der Waals surface area contributed by atoms with Gasteiger partial charge in [-0.3, -0.25) is 19.7 Å². The molecule has 0 aliphatic rings. The molecule has 29 heavy (non-hydrogen) atoms. The summed E-state index contributed by atoms with van der Waals surface area (Å²) in [7, 11) is 0. The average molecular weight is 412 g/mol. The summed E-state index contributed by atoms with van der Waals surface area (Å²) in [6.07, 6.45) is 3.26. The molecule has 0 aliphatic heterocycles. The third kappa shape index (κ3) is 5.35. The Balaban J connectivity index is 1.58. The summed E-state index contributed by atoms with van der Waals surface area (Å²) in [6.45, 7) is 1.88. The van der Waals surface area contributed by atoms with E-state index in [2.05, 4.69) is 28.6 Å². The lowest BCUT2D eigenvalue weighted by Crippen LogP contribution is -2.32. The number of rotatable bonds is 8. The predicted molar refractivity (Wildman–Crippen MR) is 112 cm³/mol. The van der Waals surface area contributed by atoms with Crippen molar-refractivity contribution in [2.45, 2.75) is 26.2 Å². The van der Waals surface area contributed by atoms with Crippen molar-refractivity contribution in [1.82, 2.24) is 10.3 Å². The summed E-state index contributed by atoms with van der Waals surface area (Å²) >= 11 is 1.38. The number of non-ortho nitro benzene ring substituents is 1. The second-order valence-electron chi connectivity index (χ2n) is 6.46. The van der Waals surface area contributed by atoms with Gasteiger partial charge < -0.3 is 10.6 Å². The first-order valence-electron chi connectivity index (χ1n) is 9.18. The summed E-state index contributed by atoms with van der Waals surface area (Å²) in [5.41, 5.74) is 1.98. The number of carbonyl (C=O) groups excluding carboxylic acids is 2. The summed E-state index contributed by atoms with van der Waals surface area (Å²) in [5, 5.41) is 16.4. The zero-order valence-corrected chi connectivity index (χ0v) is 16.6. The molecular weight excluding hydrogens is 392 g/mol. The van der Waals surface area contributed by atoms with Gasteiger partial charge in [0.25, 0.3) is 11.6 Å². The maximum absolute atomic E-state index is 12.1. The van der Waals surface area contributed by atoms with Gasteiger partial charge >= 0.3 is 0 Å². The number of unbranched alkanes of at least 4 members (excludes halogenated alkanes) is 1. The molecule has 9 heteroatoms. The van der Waals surface area contributed by atoms with E-state index in [0.29, 0.717) is 5.13 Å². The van der Waals surface area contributed by atoms with Gasteiger partial charge in [0.05, 0.1) is 21.7 Å². The molecule has 150 valence electrons. The van der Waals surface area contributed by atoms with Crippen molar-refractivity contribution in [1.29, 1.82) is 0 Å². The lowest BCUT2D eigenvalue weighted by atomic mass is 10.1. The van der Waals surface area contributed by atoms with Crippen LogP contribution in [0.1, 0.15) is 35.7 Å². The highest BCUT2D eigenvalue weighted by Crippen LogP contribution is 2.27. The first kappa shape index (κ1) is 20.4. The second kappa shape index (κ2) is 9.24. The monoisotopic (exact) mass is 412 g/mol. The van der Waals surface area contributed by atoms with Crippen LogP contribution in [0.15, 0.2) is 42.5 Å². The number of carbonyl (C=O) groups is 2. The van der Waals surface area contributed by atoms with Crippen LogP contribution in [-0.4, -0.2) is 28.3 Å². The highest BCUT2D eigenvalue weighted by atomic mass is 32.1. The van der Waals surface area contributed by atoms with Gasteiger partial charge in [0.1, 0.15) is 0 Å². The van der Waals surface area contributed by atoms with Crippen LogP contribution >= 0.6 is 11.3 Å². The van der Waals surface area contributed by atoms with Crippen molar-refractivity contribution in [3.8, 4) is 0 Å². The zero-order chi connectivity index (χ0) is 20.8. The van der Waals surface area contributed by atoms with E-state index < -0.39 is 16.7 Å². The van der Waals surface area contributed by atoms with E-state index in [4.69, 9.17) is 0 Å². The number of thiazole rings is 1. The lowest BCUT2D eigenvalue weighted by molar-refractivity contribution is -0.384. The van der Waals surface area contributed by atoms with Crippen LogP contribution in [0, 0.1) is 10.1 Å². The Hall–Kier alpha value is -3.33. The molecule has 0 atom stereocenters. The van der Waals surface area contributed by atoms with Gasteiger partial charge in [0, 0.05) is 17.7 Å². The van der Waals surface area contributed by atoms with Gasteiger partial charge in [0.2, 0.25) is 5.91 Å². The maximum atomic E-state index is 12.1. The molecule has 0 saturated carbocycles. The number of aromatic nitrogens is 1. The molecule has 0 saturated heterocycles. The van der Waals surface area contributed by atoms with E-state index in [0.717, 1.165) is 35.5 Å². The third-order valence-electron chi connectivity index (χ3n) is 4.25. The number of hydrogen-bond acceptors (Lipinski definition) is 6. The minimum atomic E-state index is -0.579. The van der Waals surface area contributed by atoms with Crippen LogP contribution in [-0.2, 0) is 11.2 Å². The van der Waals surface area contributed by atoms with E-state index in [9.17, 15) is 19.7 Å². The smallest absolute Gasteiger partial charge is 0.270 e. The second-order valence-corrected chi connectivity index (χ2v) is 7.49. The minimum Gasteiger partial charge on any atom is -0.343 e. The summed E-state index contributed by atoms with van der Waals surface area (Å²) < 4.78 is 0.995. The fourth-order valence-corrected chi connectivity index (χ4v) is 3.69. The van der Waals surface area contributed by atoms with Gasteiger partial charge in [0.15, 0.2) is 5.13 Å². The fraction of sp³-hybridized carbons (Fsp3) is 0.250. The first-order valence-corrected chi connectivity index (χ1v) is 10.00. The molecular formula is C20H20N4O4S. The number of benzene rings is 2. The van der Waals surface area contributed by atoms with E-state index in [1.807, 2.05) is 12.1 Å². The van der Waals surface area contributed by atoms with Crippen LogP contribution in [0.5, 0.6) is 0 Å². The van der Waals surface area contributed by atoms with Gasteiger partial charge in [-0.25, -0.2) is 4.98 Å². The van der Waals surface area contributed by atoms with Crippen molar-refractivity contribution in [3.05, 3.63) is 63.7 Å². The molecule has 2 N–H and O–H groups in total. The Morgan fingerprint density at radius 2 is 2.03 bits per heavy atom. The summed E-state index contributed by atoms with van der Waals surface area (Å²) in [6, 6.07) is 11.4. The number of nitrogens with zero attached hydrogens (tertiary/aromatic N) is 2. The molecule has 3 rings (SSSR count).